The predicted octanol–water partition coefficient (Wildman–Crippen LogP) is 9.63. The molecule has 0 radical (unpaired) electrons. The Morgan fingerprint density at radius 3 is 1.61 bits per heavy atom. The van der Waals surface area contributed by atoms with Crippen molar-refractivity contribution >= 4 is 19.8 Å². The summed E-state index contributed by atoms with van der Waals surface area (Å²) < 4.78 is 32.6. The van der Waals surface area contributed by atoms with Crippen LogP contribution in [0.25, 0.3) is 0 Å². The smallest absolute Gasteiger partial charge is 0.462 e. The second-order valence-corrected chi connectivity index (χ2v) is 15.0. The molecule has 0 aliphatic heterocycles. The van der Waals surface area contributed by atoms with E-state index in [-0.39, 0.29) is 25.6 Å². The van der Waals surface area contributed by atoms with Gasteiger partial charge in [0.2, 0.25) is 0 Å². The van der Waals surface area contributed by atoms with Crippen molar-refractivity contribution in [1.82, 2.24) is 0 Å². The average molecular weight is 809 g/mol. The number of hydrogen-bond donors (Lipinski definition) is 4. The summed E-state index contributed by atoms with van der Waals surface area (Å²) in [4.78, 5) is 34.9. The van der Waals surface area contributed by atoms with E-state index in [2.05, 4.69) is 84.4 Å². The van der Waals surface area contributed by atoms with Gasteiger partial charge in [-0.3, -0.25) is 18.6 Å². The highest BCUT2D eigenvalue weighted by Crippen LogP contribution is 2.43. The van der Waals surface area contributed by atoms with Crippen molar-refractivity contribution in [2.45, 2.75) is 154 Å². The Morgan fingerprint density at radius 2 is 1.05 bits per heavy atom. The Hall–Kier alpha value is -2.89. The maximum atomic E-state index is 12.6. The van der Waals surface area contributed by atoms with E-state index in [4.69, 9.17) is 19.1 Å². The van der Waals surface area contributed by atoms with E-state index in [1.165, 1.54) is 0 Å². The third kappa shape index (κ3) is 39.3. The first kappa shape index (κ1) is 53.1. The van der Waals surface area contributed by atoms with Crippen LogP contribution in [0.2, 0.25) is 0 Å². The van der Waals surface area contributed by atoms with Gasteiger partial charge in [-0.15, -0.1) is 0 Å². The third-order valence-corrected chi connectivity index (χ3v) is 9.00. The molecule has 0 aromatic rings. The molecule has 0 spiro atoms. The standard InChI is InChI=1S/C44H73O11P/c1-3-4-5-6-7-8-9-10-12-17-20-23-26-29-32-35-44(49)55-42(39-54-56(50,51)53-37-41(47)36-45)38-52-43(48)34-31-28-25-22-19-16-14-11-13-15-18-21-24-27-30-33-40(2)46/h4-5,7-8,10,12-16,21-22,24-25,40-42,45-47H,3,6,9,11,17-20,23,26-39H2,1-2H3,(H,50,51)/b5-4-,8-7-,12-10-,15-13-,16-14-,24-21-,25-22-/t40-,41+,42-/m1/s1. The van der Waals surface area contributed by atoms with Crippen LogP contribution in [0.1, 0.15) is 136 Å². The van der Waals surface area contributed by atoms with Gasteiger partial charge >= 0.3 is 19.8 Å². The monoisotopic (exact) mass is 808 g/mol. The lowest BCUT2D eigenvalue weighted by Gasteiger charge is -2.20. The van der Waals surface area contributed by atoms with Gasteiger partial charge in [-0.1, -0.05) is 111 Å². The molecule has 0 rings (SSSR count). The van der Waals surface area contributed by atoms with Crippen molar-refractivity contribution < 1.29 is 52.9 Å². The fourth-order valence-electron chi connectivity index (χ4n) is 4.90. The summed E-state index contributed by atoms with van der Waals surface area (Å²) in [6.45, 7) is 1.70. The van der Waals surface area contributed by atoms with Gasteiger partial charge in [0.15, 0.2) is 6.10 Å². The summed E-state index contributed by atoms with van der Waals surface area (Å²) in [7, 11) is -4.65. The van der Waals surface area contributed by atoms with Crippen LogP contribution in [-0.4, -0.2) is 76.9 Å². The number of esters is 2. The van der Waals surface area contributed by atoms with E-state index in [1.807, 2.05) is 19.1 Å². The third-order valence-electron chi connectivity index (χ3n) is 8.05. The summed E-state index contributed by atoms with van der Waals surface area (Å²) >= 11 is 0. The maximum absolute atomic E-state index is 12.6. The highest BCUT2D eigenvalue weighted by atomic mass is 31.2. The molecule has 0 fully saturated rings. The molecule has 56 heavy (non-hydrogen) atoms. The lowest BCUT2D eigenvalue weighted by atomic mass is 10.1. The molecule has 0 bridgehead atoms. The molecule has 0 aliphatic rings. The van der Waals surface area contributed by atoms with Gasteiger partial charge in [-0.2, -0.15) is 0 Å². The average Bonchev–Trinajstić information content (AvgIpc) is 3.17. The number of allylic oxidation sites excluding steroid dienone is 14. The van der Waals surface area contributed by atoms with Gasteiger partial charge in [0, 0.05) is 12.8 Å². The second kappa shape index (κ2) is 39.0. The van der Waals surface area contributed by atoms with Gasteiger partial charge in [-0.05, 0) is 96.8 Å². The van der Waals surface area contributed by atoms with Crippen LogP contribution in [0.3, 0.4) is 0 Å². The Morgan fingerprint density at radius 1 is 0.589 bits per heavy atom. The molecule has 4 N–H and O–H groups in total. The molecule has 11 nitrogen and oxygen atoms in total. The lowest BCUT2D eigenvalue weighted by molar-refractivity contribution is -0.161. The number of ether oxygens (including phenoxy) is 2. The molecule has 320 valence electrons. The number of unbranched alkanes of at least 4 members (excludes halogenated alkanes) is 7. The summed E-state index contributed by atoms with van der Waals surface area (Å²) in [6.07, 6.45) is 42.6. The van der Waals surface area contributed by atoms with Crippen molar-refractivity contribution in [3.63, 3.8) is 0 Å². The highest BCUT2D eigenvalue weighted by molar-refractivity contribution is 7.47. The van der Waals surface area contributed by atoms with Crippen LogP contribution in [-0.2, 0) is 32.7 Å². The van der Waals surface area contributed by atoms with Crippen LogP contribution in [0, 0.1) is 0 Å². The van der Waals surface area contributed by atoms with Crippen LogP contribution in [0.4, 0.5) is 0 Å². The molecule has 4 atom stereocenters. The number of carbonyl (C=O) groups excluding carboxylic acids is 2. The molecule has 0 aromatic heterocycles. The maximum Gasteiger partial charge on any atom is 0.472 e. The summed E-state index contributed by atoms with van der Waals surface area (Å²) in [6, 6.07) is 0. The molecule has 0 saturated heterocycles. The Balaban J connectivity index is 4.46. The highest BCUT2D eigenvalue weighted by Gasteiger charge is 2.27. The van der Waals surface area contributed by atoms with Crippen molar-refractivity contribution in [2.24, 2.45) is 0 Å². The van der Waals surface area contributed by atoms with Crippen molar-refractivity contribution in [3.05, 3.63) is 85.1 Å². The zero-order chi connectivity index (χ0) is 41.4. The molecule has 12 heteroatoms. The Labute approximate surface area is 337 Å². The van der Waals surface area contributed by atoms with E-state index in [0.29, 0.717) is 19.3 Å². The summed E-state index contributed by atoms with van der Waals surface area (Å²) in [5, 5.41) is 27.6. The van der Waals surface area contributed by atoms with E-state index in [1.54, 1.807) is 0 Å². The predicted molar refractivity (Wildman–Crippen MR) is 225 cm³/mol. The van der Waals surface area contributed by atoms with Gasteiger partial charge in [0.1, 0.15) is 12.7 Å². The first-order valence-corrected chi connectivity index (χ1v) is 22.1. The normalized spacial score (nSPS) is 15.3. The first-order chi connectivity index (χ1) is 27.1. The topological polar surface area (TPSA) is 169 Å². The zero-order valence-electron chi connectivity index (χ0n) is 34.2. The largest absolute Gasteiger partial charge is 0.472 e. The molecule has 0 heterocycles. The lowest BCUT2D eigenvalue weighted by Crippen LogP contribution is -2.29. The number of aliphatic hydroxyl groups excluding tert-OH is 3. The van der Waals surface area contributed by atoms with E-state index >= 15 is 0 Å². The van der Waals surface area contributed by atoms with E-state index in [0.717, 1.165) is 89.9 Å². The molecule has 0 amide bonds. The first-order valence-electron chi connectivity index (χ1n) is 20.6. The van der Waals surface area contributed by atoms with E-state index < -0.39 is 51.8 Å². The van der Waals surface area contributed by atoms with Gasteiger partial charge in [0.25, 0.3) is 0 Å². The van der Waals surface area contributed by atoms with Crippen LogP contribution in [0.5, 0.6) is 0 Å². The molecule has 0 aliphatic carbocycles. The van der Waals surface area contributed by atoms with Crippen molar-refractivity contribution in [2.75, 3.05) is 26.4 Å². The van der Waals surface area contributed by atoms with Crippen LogP contribution in [0.15, 0.2) is 85.1 Å². The quantitative estimate of drug-likeness (QED) is 0.0204. The SMILES string of the molecule is CC/C=C\C/C=C\C/C=C\CCCCCCCC(=O)O[C@H](COC(=O)CCC/C=C\C/C=C\C/C=C\C/C=C\CCC[C@@H](C)O)COP(=O)(O)OC[C@@H](O)CO. The number of rotatable bonds is 37. The van der Waals surface area contributed by atoms with Crippen LogP contribution >= 0.6 is 7.82 Å². The van der Waals surface area contributed by atoms with Crippen molar-refractivity contribution in [1.29, 1.82) is 0 Å². The minimum atomic E-state index is -4.65. The Kier molecular flexibility index (Phi) is 36.9. The minimum absolute atomic E-state index is 0.142. The number of phosphoric acid groups is 1. The molecule has 0 aromatic carbocycles. The fourth-order valence-corrected chi connectivity index (χ4v) is 5.69. The van der Waals surface area contributed by atoms with Crippen molar-refractivity contribution in [3.8, 4) is 0 Å². The molecule has 0 saturated carbocycles. The number of hydrogen-bond acceptors (Lipinski definition) is 10. The van der Waals surface area contributed by atoms with Gasteiger partial charge in [-0.25, -0.2) is 4.57 Å². The second-order valence-electron chi connectivity index (χ2n) is 13.6. The van der Waals surface area contributed by atoms with Gasteiger partial charge < -0.3 is 29.7 Å². The zero-order valence-corrected chi connectivity index (χ0v) is 35.1. The van der Waals surface area contributed by atoms with Gasteiger partial charge in [0.05, 0.1) is 25.9 Å². The fraction of sp³-hybridized carbons (Fsp3) is 0.636. The Bertz CT molecular complexity index is 1220. The van der Waals surface area contributed by atoms with Crippen LogP contribution < -0.4 is 0 Å². The minimum Gasteiger partial charge on any atom is -0.462 e. The number of aliphatic hydroxyl groups is 3. The molecule has 1 unspecified atom stereocenters. The molecular formula is C44H73O11P. The number of phosphoric ester groups is 1. The summed E-state index contributed by atoms with van der Waals surface area (Å²) in [5.74, 6) is -1.04. The number of carbonyl (C=O) groups is 2. The van der Waals surface area contributed by atoms with E-state index in [9.17, 15) is 29.3 Å². The molecular weight excluding hydrogens is 735 g/mol. The summed E-state index contributed by atoms with van der Waals surface area (Å²) in [5.41, 5.74) is 0.